The van der Waals surface area contributed by atoms with E-state index in [0.29, 0.717) is 26.3 Å². The minimum atomic E-state index is -4.34. The largest absolute Gasteiger partial charge is 0.418 e. The van der Waals surface area contributed by atoms with Crippen molar-refractivity contribution in [3.8, 4) is 0 Å². The highest BCUT2D eigenvalue weighted by Crippen LogP contribution is 2.37. The Balaban J connectivity index is 2.25. The normalized spacial score (nSPS) is 20.1. The summed E-state index contributed by atoms with van der Waals surface area (Å²) in [5.41, 5.74) is -0.342. The van der Waals surface area contributed by atoms with E-state index in [2.05, 4.69) is 5.32 Å². The molecule has 3 nitrogen and oxygen atoms in total. The maximum absolute atomic E-state index is 13.2. The molecule has 1 fully saturated rings. The molecule has 1 atom stereocenters. The Bertz CT molecular complexity index is 462. The Hall–Kier alpha value is -1.27. The highest BCUT2D eigenvalue weighted by atomic mass is 19.4. The van der Waals surface area contributed by atoms with E-state index in [1.807, 2.05) is 18.7 Å². The van der Waals surface area contributed by atoms with Gasteiger partial charge in [-0.2, -0.15) is 13.2 Å². The lowest BCUT2D eigenvalue weighted by molar-refractivity contribution is -0.137. The molecule has 1 aliphatic heterocycles. The number of rotatable bonds is 4. The first kappa shape index (κ1) is 16.1. The Morgan fingerprint density at radius 1 is 1.33 bits per heavy atom. The van der Waals surface area contributed by atoms with Gasteiger partial charge in [-0.3, -0.25) is 0 Å². The summed E-state index contributed by atoms with van der Waals surface area (Å²) in [5.74, 6) is 0. The summed E-state index contributed by atoms with van der Waals surface area (Å²) in [4.78, 5) is 1.81. The Kier molecular flexibility index (Phi) is 5.11. The summed E-state index contributed by atoms with van der Waals surface area (Å²) in [5, 5.41) is 3.27. The van der Waals surface area contributed by atoms with Crippen LogP contribution in [0.1, 0.15) is 19.4 Å². The van der Waals surface area contributed by atoms with E-state index in [9.17, 15) is 13.2 Å². The number of halogens is 3. The molecule has 2 rings (SSSR count). The van der Waals surface area contributed by atoms with Gasteiger partial charge in [-0.25, -0.2) is 0 Å². The number of nitrogens with one attached hydrogen (secondary N) is 1. The summed E-state index contributed by atoms with van der Waals surface area (Å²) in [6.07, 6.45) is -4.34. The van der Waals surface area contributed by atoms with Crippen LogP contribution in [0.2, 0.25) is 0 Å². The van der Waals surface area contributed by atoms with Crippen LogP contribution in [-0.2, 0) is 10.9 Å². The van der Waals surface area contributed by atoms with Gasteiger partial charge in [-0.05, 0) is 12.1 Å². The molecule has 1 unspecified atom stereocenters. The number of anilines is 1. The fraction of sp³-hybridized carbons (Fsp3) is 0.600. The van der Waals surface area contributed by atoms with Gasteiger partial charge in [0.1, 0.15) is 0 Å². The number of alkyl halides is 3. The fourth-order valence-electron chi connectivity index (χ4n) is 2.48. The van der Waals surface area contributed by atoms with E-state index in [1.54, 1.807) is 6.07 Å². The predicted molar refractivity (Wildman–Crippen MR) is 76.5 cm³/mol. The zero-order valence-electron chi connectivity index (χ0n) is 12.3. The summed E-state index contributed by atoms with van der Waals surface area (Å²) in [6.45, 7) is 5.98. The molecule has 21 heavy (non-hydrogen) atoms. The van der Waals surface area contributed by atoms with Crippen LogP contribution in [0.25, 0.3) is 0 Å². The molecule has 0 spiro atoms. The van der Waals surface area contributed by atoms with Crippen molar-refractivity contribution < 1.29 is 17.9 Å². The van der Waals surface area contributed by atoms with Crippen LogP contribution >= 0.6 is 0 Å². The number of morpholine rings is 1. The van der Waals surface area contributed by atoms with Gasteiger partial charge in [0.05, 0.1) is 24.8 Å². The van der Waals surface area contributed by atoms with Gasteiger partial charge in [-0.1, -0.05) is 26.0 Å². The summed E-state index contributed by atoms with van der Waals surface area (Å²) >= 11 is 0. The molecular weight excluding hydrogens is 281 g/mol. The molecule has 118 valence electrons. The third kappa shape index (κ3) is 4.11. The Morgan fingerprint density at radius 3 is 2.71 bits per heavy atom. The van der Waals surface area contributed by atoms with Crippen LogP contribution < -0.4 is 10.2 Å². The van der Waals surface area contributed by atoms with Crippen molar-refractivity contribution in [2.75, 3.05) is 31.2 Å². The van der Waals surface area contributed by atoms with E-state index in [4.69, 9.17) is 4.74 Å². The van der Waals surface area contributed by atoms with Crippen LogP contribution in [0.5, 0.6) is 0 Å². The minimum absolute atomic E-state index is 0.0929. The average molecular weight is 302 g/mol. The van der Waals surface area contributed by atoms with Crippen LogP contribution in [0.3, 0.4) is 0 Å². The fourth-order valence-corrected chi connectivity index (χ4v) is 2.48. The molecule has 0 bridgehead atoms. The van der Waals surface area contributed by atoms with E-state index >= 15 is 0 Å². The van der Waals surface area contributed by atoms with Crippen LogP contribution in [0.15, 0.2) is 24.3 Å². The second-order valence-corrected chi connectivity index (χ2v) is 5.50. The Morgan fingerprint density at radius 2 is 2.05 bits per heavy atom. The first-order valence-corrected chi connectivity index (χ1v) is 7.13. The first-order valence-electron chi connectivity index (χ1n) is 7.13. The first-order chi connectivity index (χ1) is 9.89. The molecule has 1 N–H and O–H groups in total. The van der Waals surface area contributed by atoms with E-state index in [0.717, 1.165) is 6.07 Å². The second kappa shape index (κ2) is 6.66. The molecule has 6 heteroatoms. The molecule has 0 aromatic heterocycles. The number of hydrogen-bond acceptors (Lipinski definition) is 3. The highest BCUT2D eigenvalue weighted by Gasteiger charge is 2.36. The zero-order chi connectivity index (χ0) is 15.5. The van der Waals surface area contributed by atoms with Crippen molar-refractivity contribution in [2.24, 2.45) is 0 Å². The molecule has 0 amide bonds. The smallest absolute Gasteiger partial charge is 0.377 e. The molecule has 0 radical (unpaired) electrons. The van der Waals surface area contributed by atoms with Gasteiger partial charge >= 0.3 is 6.18 Å². The minimum Gasteiger partial charge on any atom is -0.377 e. The standard InChI is InChI=1S/C15H21F3N2O/c1-11(2)19-9-12-10-21-8-7-20(12)14-6-4-3-5-13(14)15(16,17)18/h3-6,11-12,19H,7-10H2,1-2H3. The summed E-state index contributed by atoms with van der Waals surface area (Å²) in [7, 11) is 0. The van der Waals surface area contributed by atoms with Crippen molar-refractivity contribution in [1.82, 2.24) is 5.32 Å². The lowest BCUT2D eigenvalue weighted by Gasteiger charge is -2.39. The number of hydrogen-bond donors (Lipinski definition) is 1. The number of nitrogens with zero attached hydrogens (tertiary/aromatic N) is 1. The van der Waals surface area contributed by atoms with Crippen molar-refractivity contribution in [2.45, 2.75) is 32.1 Å². The third-order valence-electron chi connectivity index (χ3n) is 3.51. The van der Waals surface area contributed by atoms with E-state index in [-0.39, 0.29) is 17.8 Å². The predicted octanol–water partition coefficient (Wildman–Crippen LogP) is 2.91. The molecule has 1 aliphatic rings. The van der Waals surface area contributed by atoms with Gasteiger partial charge in [0.2, 0.25) is 0 Å². The van der Waals surface area contributed by atoms with Gasteiger partial charge in [0.15, 0.2) is 0 Å². The zero-order valence-corrected chi connectivity index (χ0v) is 12.3. The monoisotopic (exact) mass is 302 g/mol. The van der Waals surface area contributed by atoms with Crippen LogP contribution in [0, 0.1) is 0 Å². The molecule has 1 aromatic carbocycles. The molecule has 1 aromatic rings. The highest BCUT2D eigenvalue weighted by molar-refractivity contribution is 5.56. The van der Waals surface area contributed by atoms with Gasteiger partial charge < -0.3 is 15.0 Å². The molecule has 1 saturated heterocycles. The number of para-hydroxylation sites is 1. The second-order valence-electron chi connectivity index (χ2n) is 5.50. The average Bonchev–Trinajstić information content (AvgIpc) is 2.44. The third-order valence-corrected chi connectivity index (χ3v) is 3.51. The quantitative estimate of drug-likeness (QED) is 0.925. The summed E-state index contributed by atoms with van der Waals surface area (Å²) in [6, 6.07) is 5.94. The Labute approximate surface area is 123 Å². The van der Waals surface area contributed by atoms with Crippen molar-refractivity contribution in [1.29, 1.82) is 0 Å². The molecular formula is C15H21F3N2O. The van der Waals surface area contributed by atoms with Gasteiger partial charge in [-0.15, -0.1) is 0 Å². The number of benzene rings is 1. The van der Waals surface area contributed by atoms with Gasteiger partial charge in [0, 0.05) is 24.8 Å². The lowest BCUT2D eigenvalue weighted by atomic mass is 10.1. The van der Waals surface area contributed by atoms with Crippen molar-refractivity contribution >= 4 is 5.69 Å². The molecule has 0 aliphatic carbocycles. The maximum Gasteiger partial charge on any atom is 0.418 e. The summed E-state index contributed by atoms with van der Waals surface area (Å²) < 4.78 is 44.9. The topological polar surface area (TPSA) is 24.5 Å². The lowest BCUT2D eigenvalue weighted by Crippen LogP contribution is -2.52. The van der Waals surface area contributed by atoms with E-state index in [1.165, 1.54) is 12.1 Å². The molecule has 0 saturated carbocycles. The van der Waals surface area contributed by atoms with Gasteiger partial charge in [0.25, 0.3) is 0 Å². The molecule has 1 heterocycles. The van der Waals surface area contributed by atoms with E-state index < -0.39 is 11.7 Å². The SMILES string of the molecule is CC(C)NCC1COCCN1c1ccccc1C(F)(F)F. The van der Waals surface area contributed by atoms with Crippen molar-refractivity contribution in [3.05, 3.63) is 29.8 Å². The number of ether oxygens (including phenoxy) is 1. The maximum atomic E-state index is 13.2. The van der Waals surface area contributed by atoms with Crippen molar-refractivity contribution in [3.63, 3.8) is 0 Å². The van der Waals surface area contributed by atoms with Crippen LogP contribution in [-0.4, -0.2) is 38.4 Å². The van der Waals surface area contributed by atoms with Crippen LogP contribution in [0.4, 0.5) is 18.9 Å².